The number of hydrogen-bond acceptors (Lipinski definition) is 5. The number of esters is 1. The molecule has 0 radical (unpaired) electrons. The molecule has 242 valence electrons. The zero-order chi connectivity index (χ0) is 33.3. The van der Waals surface area contributed by atoms with E-state index in [2.05, 4.69) is 21.3 Å². The van der Waals surface area contributed by atoms with E-state index in [0.717, 1.165) is 24.0 Å². The monoisotopic (exact) mass is 692 g/mol. The summed E-state index contributed by atoms with van der Waals surface area (Å²) < 4.78 is 5.47. The molecule has 0 aromatic heterocycles. The summed E-state index contributed by atoms with van der Waals surface area (Å²) in [7, 11) is 0. The van der Waals surface area contributed by atoms with Crippen LogP contribution in [-0.4, -0.2) is 36.4 Å². The van der Waals surface area contributed by atoms with Gasteiger partial charge in [-0.1, -0.05) is 102 Å². The van der Waals surface area contributed by atoms with Crippen LogP contribution in [0.25, 0.3) is 0 Å². The molecule has 0 heterocycles. The molecule has 4 aromatic carbocycles. The van der Waals surface area contributed by atoms with Gasteiger partial charge in [0.2, 0.25) is 5.91 Å². The molecule has 4 N–H and O–H groups in total. The minimum atomic E-state index is -1.28. The summed E-state index contributed by atoms with van der Waals surface area (Å²) in [4.78, 5) is 52.1. The van der Waals surface area contributed by atoms with Crippen molar-refractivity contribution >= 4 is 64.3 Å². The lowest BCUT2D eigenvalue weighted by atomic mass is 10.1. The predicted octanol–water partition coefficient (Wildman–Crippen LogP) is 6.66. The number of fused-ring (bicyclic) bond motifs is 1. The van der Waals surface area contributed by atoms with Gasteiger partial charge in [-0.2, -0.15) is 0 Å². The molecule has 9 nitrogen and oxygen atoms in total. The van der Waals surface area contributed by atoms with E-state index in [0.29, 0.717) is 10.6 Å². The quantitative estimate of drug-likeness (QED) is 0.131. The minimum Gasteiger partial charge on any atom is -0.459 e. The van der Waals surface area contributed by atoms with Crippen LogP contribution in [0.3, 0.4) is 0 Å². The smallest absolute Gasteiger partial charge is 0.330 e. The summed E-state index contributed by atoms with van der Waals surface area (Å²) in [6.45, 7) is -0.311. The number of hydrogen-bond donors (Lipinski definition) is 4. The maximum Gasteiger partial charge on any atom is 0.330 e. The Balaban J connectivity index is 1.25. The molecule has 1 aliphatic carbocycles. The molecule has 12 heteroatoms. The van der Waals surface area contributed by atoms with Gasteiger partial charge in [0.15, 0.2) is 0 Å². The van der Waals surface area contributed by atoms with Crippen molar-refractivity contribution in [1.29, 1.82) is 0 Å². The van der Waals surface area contributed by atoms with E-state index in [1.807, 2.05) is 42.5 Å². The van der Waals surface area contributed by atoms with Gasteiger partial charge in [0, 0.05) is 10.7 Å². The first kappa shape index (κ1) is 33.8. The number of carbonyl (C=O) groups is 4. The van der Waals surface area contributed by atoms with Gasteiger partial charge in [-0.25, -0.2) is 9.59 Å². The number of amides is 4. The standard InChI is InChI=1S/C35H31Cl3N4O5/c36-24-11-6-9-22(15-24)16-31(43)40-25-17-27(37)32(28(38)18-25)33(44)41-30(34(45)47-20-21-7-2-1-3-8-21)19-39-35(46)42-29-14-13-23-10-4-5-12-26(23)29/h1-12,15,17-18,29-30H,13-14,16,19-20H2,(H,40,43)(H,41,44)(H2,39,42,46)/t29?,30-/m0/s1. The summed E-state index contributed by atoms with van der Waals surface area (Å²) in [5.74, 6) is -1.89. The van der Waals surface area contributed by atoms with E-state index >= 15 is 0 Å². The maximum absolute atomic E-state index is 13.4. The molecule has 1 aliphatic rings. The van der Waals surface area contributed by atoms with E-state index in [4.69, 9.17) is 39.5 Å². The third-order valence-electron chi connectivity index (χ3n) is 7.53. The van der Waals surface area contributed by atoms with Gasteiger partial charge in [0.25, 0.3) is 5.91 Å². The highest BCUT2D eigenvalue weighted by molar-refractivity contribution is 6.40. The van der Waals surface area contributed by atoms with E-state index in [1.54, 1.807) is 36.4 Å². The topological polar surface area (TPSA) is 126 Å². The predicted molar refractivity (Wildman–Crippen MR) is 182 cm³/mol. The third-order valence-corrected chi connectivity index (χ3v) is 8.36. The Morgan fingerprint density at radius 2 is 1.53 bits per heavy atom. The number of nitrogens with one attached hydrogen (secondary N) is 4. The minimum absolute atomic E-state index is 0.0395. The fraction of sp³-hybridized carbons (Fsp3) is 0.200. The Morgan fingerprint density at radius 1 is 0.830 bits per heavy atom. The largest absolute Gasteiger partial charge is 0.459 e. The number of halogens is 3. The number of ether oxygens (including phenoxy) is 1. The van der Waals surface area contributed by atoms with Gasteiger partial charge in [0.1, 0.15) is 12.6 Å². The second-order valence-corrected chi connectivity index (χ2v) is 12.2. The summed E-state index contributed by atoms with van der Waals surface area (Å²) in [5.41, 5.74) is 3.83. The van der Waals surface area contributed by atoms with Gasteiger partial charge in [-0.15, -0.1) is 0 Å². The number of benzene rings is 4. The van der Waals surface area contributed by atoms with E-state index in [1.165, 1.54) is 17.7 Å². The summed E-state index contributed by atoms with van der Waals surface area (Å²) in [6, 6.07) is 24.6. The fourth-order valence-corrected chi connectivity index (χ4v) is 6.14. The SMILES string of the molecule is O=C(Cc1cccc(Cl)c1)Nc1cc(Cl)c(C(=O)N[C@@H](CNC(=O)NC2CCc3ccccc32)C(=O)OCc2ccccc2)c(Cl)c1. The average Bonchev–Trinajstić information content (AvgIpc) is 3.44. The highest BCUT2D eigenvalue weighted by atomic mass is 35.5. The molecule has 1 unspecified atom stereocenters. The zero-order valence-electron chi connectivity index (χ0n) is 25.0. The second-order valence-electron chi connectivity index (χ2n) is 10.9. The van der Waals surface area contributed by atoms with Crippen molar-refractivity contribution in [3.63, 3.8) is 0 Å². The van der Waals surface area contributed by atoms with Crippen LogP contribution in [0.5, 0.6) is 0 Å². The van der Waals surface area contributed by atoms with Crippen LogP contribution in [-0.2, 0) is 33.8 Å². The van der Waals surface area contributed by atoms with E-state index in [9.17, 15) is 19.2 Å². The number of anilines is 1. The van der Waals surface area contributed by atoms with Crippen molar-refractivity contribution < 1.29 is 23.9 Å². The molecule has 0 bridgehead atoms. The molecule has 0 spiro atoms. The normalized spacial score (nSPS) is 14.0. The van der Waals surface area contributed by atoms with E-state index < -0.39 is 23.9 Å². The van der Waals surface area contributed by atoms with Gasteiger partial charge in [0.05, 0.1) is 34.6 Å². The Bertz CT molecular complexity index is 1760. The van der Waals surface area contributed by atoms with Crippen LogP contribution in [0.1, 0.15) is 45.1 Å². The molecule has 47 heavy (non-hydrogen) atoms. The molecule has 0 aliphatic heterocycles. The van der Waals surface area contributed by atoms with Crippen molar-refractivity contribution in [2.75, 3.05) is 11.9 Å². The molecule has 4 aromatic rings. The number of carbonyl (C=O) groups excluding carboxylic acids is 4. The Hall–Kier alpha value is -4.57. The molecule has 5 rings (SSSR count). The molecule has 0 saturated heterocycles. The van der Waals surface area contributed by atoms with Crippen LogP contribution in [0, 0.1) is 0 Å². The number of rotatable bonds is 11. The Labute approximate surface area is 286 Å². The maximum atomic E-state index is 13.4. The highest BCUT2D eigenvalue weighted by Gasteiger charge is 2.28. The number of aryl methyl sites for hydroxylation is 1. The van der Waals surface area contributed by atoms with Crippen molar-refractivity contribution in [1.82, 2.24) is 16.0 Å². The summed E-state index contributed by atoms with van der Waals surface area (Å²) >= 11 is 18.9. The Kier molecular flexibility index (Phi) is 11.4. The van der Waals surface area contributed by atoms with Crippen LogP contribution in [0.4, 0.5) is 10.5 Å². The van der Waals surface area contributed by atoms with Crippen LogP contribution >= 0.6 is 34.8 Å². The van der Waals surface area contributed by atoms with Gasteiger partial charge in [-0.3, -0.25) is 9.59 Å². The van der Waals surface area contributed by atoms with Gasteiger partial charge in [-0.05, 0) is 59.4 Å². The fourth-order valence-electron chi connectivity index (χ4n) is 5.26. The van der Waals surface area contributed by atoms with E-state index in [-0.39, 0.29) is 52.8 Å². The molecule has 0 saturated carbocycles. The first-order valence-electron chi connectivity index (χ1n) is 14.8. The van der Waals surface area contributed by atoms with Crippen LogP contribution in [0.2, 0.25) is 15.1 Å². The molecule has 4 amide bonds. The van der Waals surface area contributed by atoms with Crippen LogP contribution < -0.4 is 21.3 Å². The second kappa shape index (κ2) is 15.8. The lowest BCUT2D eigenvalue weighted by molar-refractivity contribution is -0.147. The lowest BCUT2D eigenvalue weighted by Gasteiger charge is -2.21. The van der Waals surface area contributed by atoms with Crippen molar-refractivity contribution in [3.8, 4) is 0 Å². The highest BCUT2D eigenvalue weighted by Crippen LogP contribution is 2.31. The van der Waals surface area contributed by atoms with Gasteiger partial charge >= 0.3 is 12.0 Å². The van der Waals surface area contributed by atoms with Crippen molar-refractivity contribution in [2.24, 2.45) is 0 Å². The summed E-state index contributed by atoms with van der Waals surface area (Å²) in [5, 5.41) is 11.3. The van der Waals surface area contributed by atoms with Crippen molar-refractivity contribution in [3.05, 3.63) is 134 Å². The molecular formula is C35H31Cl3N4O5. The van der Waals surface area contributed by atoms with Crippen LogP contribution in [0.15, 0.2) is 91.0 Å². The third kappa shape index (κ3) is 9.25. The number of urea groups is 1. The first-order valence-corrected chi connectivity index (χ1v) is 16.0. The average molecular weight is 694 g/mol. The molecule has 2 atom stereocenters. The van der Waals surface area contributed by atoms with Gasteiger partial charge < -0.3 is 26.0 Å². The lowest BCUT2D eigenvalue weighted by Crippen LogP contribution is -2.51. The first-order chi connectivity index (χ1) is 22.7. The molecule has 0 fully saturated rings. The summed E-state index contributed by atoms with van der Waals surface area (Å²) in [6.07, 6.45) is 1.65. The zero-order valence-corrected chi connectivity index (χ0v) is 27.3. The Morgan fingerprint density at radius 3 is 2.28 bits per heavy atom. The van der Waals surface area contributed by atoms with Crippen molar-refractivity contribution in [2.45, 2.75) is 38.0 Å². The molecular weight excluding hydrogens is 663 g/mol.